The van der Waals surface area contributed by atoms with E-state index in [0.29, 0.717) is 13.1 Å². The monoisotopic (exact) mass is 180 g/mol. The molecule has 1 N–H and O–H groups in total. The summed E-state index contributed by atoms with van der Waals surface area (Å²) in [5.41, 5.74) is 0.264. The number of nitrogens with zero attached hydrogens (tertiary/aromatic N) is 3. The Morgan fingerprint density at radius 1 is 1.69 bits per heavy atom. The number of rotatable bonds is 2. The topological polar surface area (TPSA) is 70.6 Å². The predicted octanol–water partition coefficient (Wildman–Crippen LogP) is -0.175. The second-order valence-electron chi connectivity index (χ2n) is 2.50. The van der Waals surface area contributed by atoms with Crippen LogP contribution in [0.4, 0.5) is 0 Å². The number of nitrogens with one attached hydrogen (secondary N) is 1. The fraction of sp³-hybridized carbons (Fsp3) is 0.286. The largest absolute Gasteiger partial charge is 0.383 e. The Labute approximate surface area is 74.2 Å². The van der Waals surface area contributed by atoms with E-state index in [1.165, 1.54) is 11.4 Å². The van der Waals surface area contributed by atoms with Gasteiger partial charge in [0.25, 0.3) is 0 Å². The van der Waals surface area contributed by atoms with Crippen LogP contribution in [0.5, 0.6) is 0 Å². The lowest BCUT2D eigenvalue weighted by Gasteiger charge is -2.11. The lowest BCUT2D eigenvalue weighted by atomic mass is 10.4. The minimum atomic E-state index is -0.477. The zero-order chi connectivity index (χ0) is 9.10. The second kappa shape index (κ2) is 3.26. The summed E-state index contributed by atoms with van der Waals surface area (Å²) >= 11 is 0. The summed E-state index contributed by atoms with van der Waals surface area (Å²) in [6, 6.07) is 1.55. The van der Waals surface area contributed by atoms with Crippen molar-refractivity contribution in [3.8, 4) is 0 Å². The Hall–Kier alpha value is -1.85. The van der Waals surface area contributed by atoms with Crippen molar-refractivity contribution in [1.29, 1.82) is 0 Å². The van der Waals surface area contributed by atoms with Gasteiger partial charge in [0.15, 0.2) is 5.69 Å². The second-order valence-corrected chi connectivity index (χ2v) is 2.50. The summed E-state index contributed by atoms with van der Waals surface area (Å²) in [6.45, 7) is 1.27. The molecule has 0 unspecified atom stereocenters. The maximum absolute atomic E-state index is 11.3. The molecule has 0 saturated carbocycles. The molecule has 2 heterocycles. The van der Waals surface area contributed by atoms with E-state index in [0.717, 1.165) is 0 Å². The first-order valence-corrected chi connectivity index (χ1v) is 3.85. The average Bonchev–Trinajstić information content (AvgIpc) is 2.74. The molecule has 68 valence electrons. The predicted molar refractivity (Wildman–Crippen MR) is 44.1 cm³/mol. The van der Waals surface area contributed by atoms with Crippen LogP contribution in [0.25, 0.3) is 0 Å². The normalized spacial score (nSPS) is 14.9. The van der Waals surface area contributed by atoms with Crippen LogP contribution in [-0.4, -0.2) is 40.7 Å². The zero-order valence-electron chi connectivity index (χ0n) is 6.80. The van der Waals surface area contributed by atoms with Gasteiger partial charge >= 0.3 is 5.97 Å². The maximum atomic E-state index is 11.3. The third-order valence-electron chi connectivity index (χ3n) is 1.57. The highest BCUT2D eigenvalue weighted by Crippen LogP contribution is 2.00. The first-order chi connectivity index (χ1) is 6.36. The van der Waals surface area contributed by atoms with Crippen molar-refractivity contribution >= 4 is 12.3 Å². The molecule has 1 aromatic heterocycles. The van der Waals surface area contributed by atoms with Crippen LogP contribution < -0.4 is 0 Å². The van der Waals surface area contributed by atoms with E-state index >= 15 is 0 Å². The first-order valence-electron chi connectivity index (χ1n) is 3.85. The SMILES string of the molecule is O=C(ON1C=NCC1)c1cc[nH]n1. The van der Waals surface area contributed by atoms with E-state index in [4.69, 9.17) is 4.84 Å². The summed E-state index contributed by atoms with van der Waals surface area (Å²) in [4.78, 5) is 20.1. The Kier molecular flexibility index (Phi) is 1.95. The molecule has 0 spiro atoms. The molecule has 0 atom stereocenters. The molecule has 0 radical (unpaired) electrons. The minimum absolute atomic E-state index is 0.264. The van der Waals surface area contributed by atoms with Gasteiger partial charge in [-0.1, -0.05) is 0 Å². The molecule has 0 aromatic carbocycles. The number of aliphatic imine (C=N–C) groups is 1. The molecule has 0 fully saturated rings. The molecule has 0 saturated heterocycles. The highest BCUT2D eigenvalue weighted by molar-refractivity contribution is 5.87. The van der Waals surface area contributed by atoms with Gasteiger partial charge in [-0.2, -0.15) is 10.2 Å². The van der Waals surface area contributed by atoms with E-state index in [1.807, 2.05) is 0 Å². The van der Waals surface area contributed by atoms with Crippen molar-refractivity contribution in [3.63, 3.8) is 0 Å². The van der Waals surface area contributed by atoms with Crippen LogP contribution in [0.2, 0.25) is 0 Å². The van der Waals surface area contributed by atoms with Gasteiger partial charge in [-0.05, 0) is 6.07 Å². The van der Waals surface area contributed by atoms with Gasteiger partial charge in [-0.25, -0.2) is 4.79 Å². The summed E-state index contributed by atoms with van der Waals surface area (Å²) in [5, 5.41) is 7.61. The summed E-state index contributed by atoms with van der Waals surface area (Å²) in [6.07, 6.45) is 3.05. The average molecular weight is 180 g/mol. The van der Waals surface area contributed by atoms with Crippen molar-refractivity contribution in [2.45, 2.75) is 0 Å². The maximum Gasteiger partial charge on any atom is 0.383 e. The van der Waals surface area contributed by atoms with Crippen LogP contribution in [0.3, 0.4) is 0 Å². The molecule has 0 amide bonds. The molecule has 1 aliphatic heterocycles. The van der Waals surface area contributed by atoms with Crippen molar-refractivity contribution in [1.82, 2.24) is 15.3 Å². The van der Waals surface area contributed by atoms with Crippen molar-refractivity contribution in [2.24, 2.45) is 4.99 Å². The van der Waals surface area contributed by atoms with Gasteiger partial charge in [-0.3, -0.25) is 10.1 Å². The van der Waals surface area contributed by atoms with Gasteiger partial charge in [-0.15, -0.1) is 0 Å². The van der Waals surface area contributed by atoms with Crippen molar-refractivity contribution in [2.75, 3.05) is 13.1 Å². The Morgan fingerprint density at radius 2 is 2.62 bits per heavy atom. The van der Waals surface area contributed by atoms with Crippen LogP contribution in [-0.2, 0) is 4.84 Å². The first kappa shape index (κ1) is 7.78. The summed E-state index contributed by atoms with van der Waals surface area (Å²) in [7, 11) is 0. The van der Waals surface area contributed by atoms with Crippen molar-refractivity contribution in [3.05, 3.63) is 18.0 Å². The number of aromatic nitrogens is 2. The number of hydroxylamine groups is 2. The lowest BCUT2D eigenvalue weighted by Crippen LogP contribution is -2.24. The smallest absolute Gasteiger partial charge is 0.333 e. The molecular formula is C7H8N4O2. The Morgan fingerprint density at radius 3 is 3.23 bits per heavy atom. The number of aromatic amines is 1. The number of carbonyl (C=O) groups excluding carboxylic acids is 1. The molecule has 0 aliphatic carbocycles. The fourth-order valence-electron chi connectivity index (χ4n) is 0.959. The lowest BCUT2D eigenvalue weighted by molar-refractivity contribution is -0.0459. The van der Waals surface area contributed by atoms with Crippen molar-refractivity contribution < 1.29 is 9.63 Å². The molecule has 0 bridgehead atoms. The summed E-state index contributed by atoms with van der Waals surface area (Å²) in [5.74, 6) is -0.477. The number of carbonyl (C=O) groups is 1. The standard InChI is InChI=1S/C7H8N4O2/c12-7(6-1-2-9-10-6)13-11-4-3-8-5-11/h1-2,5H,3-4H2,(H,9,10). The van der Waals surface area contributed by atoms with Gasteiger partial charge in [0, 0.05) is 6.20 Å². The van der Waals surface area contributed by atoms with Crippen LogP contribution in [0.15, 0.2) is 17.3 Å². The molecule has 2 rings (SSSR count). The fourth-order valence-corrected chi connectivity index (χ4v) is 0.959. The molecule has 13 heavy (non-hydrogen) atoms. The Balaban J connectivity index is 1.95. The van der Waals surface area contributed by atoms with E-state index < -0.39 is 5.97 Å². The molecule has 6 heteroatoms. The van der Waals surface area contributed by atoms with E-state index in [2.05, 4.69) is 15.2 Å². The third-order valence-corrected chi connectivity index (χ3v) is 1.57. The third kappa shape index (κ3) is 1.66. The Bertz CT molecular complexity index is 319. The van der Waals surface area contributed by atoms with E-state index in [9.17, 15) is 4.79 Å². The van der Waals surface area contributed by atoms with Gasteiger partial charge in [0.2, 0.25) is 0 Å². The molecule has 1 aliphatic rings. The van der Waals surface area contributed by atoms with E-state index in [-0.39, 0.29) is 5.69 Å². The number of hydrogen-bond donors (Lipinski definition) is 1. The molecule has 1 aromatic rings. The van der Waals surface area contributed by atoms with Gasteiger partial charge in [0.05, 0.1) is 13.1 Å². The van der Waals surface area contributed by atoms with Gasteiger partial charge < -0.3 is 4.84 Å². The molecular weight excluding hydrogens is 172 g/mol. The van der Waals surface area contributed by atoms with Crippen LogP contribution in [0.1, 0.15) is 10.5 Å². The van der Waals surface area contributed by atoms with Crippen LogP contribution >= 0.6 is 0 Å². The number of H-pyrrole nitrogens is 1. The zero-order valence-corrected chi connectivity index (χ0v) is 6.80. The summed E-state index contributed by atoms with van der Waals surface area (Å²) < 4.78 is 0. The van der Waals surface area contributed by atoms with Crippen LogP contribution in [0, 0.1) is 0 Å². The highest BCUT2D eigenvalue weighted by Gasteiger charge is 2.15. The quantitative estimate of drug-likeness (QED) is 0.685. The van der Waals surface area contributed by atoms with Gasteiger partial charge in [0.1, 0.15) is 6.34 Å². The minimum Gasteiger partial charge on any atom is -0.333 e. The highest BCUT2D eigenvalue weighted by atomic mass is 16.7. The number of hydrogen-bond acceptors (Lipinski definition) is 5. The van der Waals surface area contributed by atoms with E-state index in [1.54, 1.807) is 12.3 Å². The molecule has 6 nitrogen and oxygen atoms in total.